The molecule has 2 amide bonds. The number of sulfonamides is 1. The van der Waals surface area contributed by atoms with Crippen molar-refractivity contribution in [2.24, 2.45) is 0 Å². The number of benzene rings is 3. The van der Waals surface area contributed by atoms with Crippen molar-refractivity contribution in [1.82, 2.24) is 10.2 Å². The highest BCUT2D eigenvalue weighted by atomic mass is 35.5. The predicted octanol–water partition coefficient (Wildman–Crippen LogP) is 4.10. The Morgan fingerprint density at radius 1 is 1.02 bits per heavy atom. The van der Waals surface area contributed by atoms with E-state index in [-0.39, 0.29) is 24.3 Å². The summed E-state index contributed by atoms with van der Waals surface area (Å²) < 4.78 is 26.7. The molecule has 0 spiro atoms. The van der Waals surface area contributed by atoms with Crippen LogP contribution in [0.15, 0.2) is 72.8 Å². The highest BCUT2D eigenvalue weighted by Crippen LogP contribution is 2.28. The van der Waals surface area contributed by atoms with Crippen molar-refractivity contribution >= 4 is 44.8 Å². The van der Waals surface area contributed by atoms with Crippen molar-refractivity contribution in [3.05, 3.63) is 105 Å². The van der Waals surface area contributed by atoms with Crippen LogP contribution in [0.1, 0.15) is 23.6 Å². The Kier molecular flexibility index (Phi) is 10.2. The first-order valence-electron chi connectivity index (χ1n) is 12.5. The van der Waals surface area contributed by atoms with Gasteiger partial charge in [-0.05, 0) is 42.7 Å². The number of likely N-dealkylation sites (N-methyl/N-ethyl adjacent to an activating group) is 1. The van der Waals surface area contributed by atoms with Gasteiger partial charge in [0, 0.05) is 36.7 Å². The Balaban J connectivity index is 2.08. The molecule has 0 bridgehead atoms. The van der Waals surface area contributed by atoms with Crippen LogP contribution < -0.4 is 9.62 Å². The normalized spacial score (nSPS) is 11.9. The number of anilines is 1. The third kappa shape index (κ3) is 8.03. The number of hydrogen-bond donors (Lipinski definition) is 1. The van der Waals surface area contributed by atoms with Gasteiger partial charge in [-0.2, -0.15) is 0 Å². The Hall–Kier alpha value is -3.96. The zero-order valence-electron chi connectivity index (χ0n) is 22.4. The molecular formula is C28H31ClN4O6S. The minimum absolute atomic E-state index is 0.00381. The number of nitro groups is 1. The van der Waals surface area contributed by atoms with Crippen LogP contribution in [0.4, 0.5) is 11.4 Å². The Morgan fingerprint density at radius 2 is 1.68 bits per heavy atom. The molecule has 0 fully saturated rings. The van der Waals surface area contributed by atoms with E-state index in [4.69, 9.17) is 11.6 Å². The number of carbonyl (C=O) groups excluding carboxylic acids is 2. The van der Waals surface area contributed by atoms with E-state index in [0.717, 1.165) is 22.2 Å². The van der Waals surface area contributed by atoms with E-state index in [0.29, 0.717) is 22.7 Å². The number of aryl methyl sites for hydroxylation is 1. The summed E-state index contributed by atoms with van der Waals surface area (Å²) >= 11 is 6.04. The van der Waals surface area contributed by atoms with Crippen LogP contribution in [0.5, 0.6) is 0 Å². The molecule has 0 aliphatic rings. The van der Waals surface area contributed by atoms with Crippen molar-refractivity contribution in [3.8, 4) is 0 Å². The Labute approximate surface area is 238 Å². The summed E-state index contributed by atoms with van der Waals surface area (Å²) in [5.41, 5.74) is 1.61. The van der Waals surface area contributed by atoms with Gasteiger partial charge in [0.15, 0.2) is 0 Å². The quantitative estimate of drug-likeness (QED) is 0.251. The number of hydrogen-bond acceptors (Lipinski definition) is 6. The fourth-order valence-electron chi connectivity index (χ4n) is 4.21. The first-order chi connectivity index (χ1) is 18.9. The van der Waals surface area contributed by atoms with Crippen LogP contribution in [0.25, 0.3) is 0 Å². The van der Waals surface area contributed by atoms with Gasteiger partial charge in [0.25, 0.3) is 5.69 Å². The summed E-state index contributed by atoms with van der Waals surface area (Å²) in [6, 6.07) is 18.8. The van der Waals surface area contributed by atoms with Crippen LogP contribution in [-0.4, -0.2) is 55.4 Å². The molecule has 0 radical (unpaired) electrons. The lowest BCUT2D eigenvalue weighted by Crippen LogP contribution is -2.53. The fourth-order valence-corrected chi connectivity index (χ4v) is 5.23. The number of nitrogens with one attached hydrogen (secondary N) is 1. The van der Waals surface area contributed by atoms with E-state index in [1.165, 1.54) is 17.0 Å². The van der Waals surface area contributed by atoms with Crippen LogP contribution in [0, 0.1) is 17.0 Å². The molecule has 0 unspecified atom stereocenters. The number of amides is 2. The summed E-state index contributed by atoms with van der Waals surface area (Å²) in [6.07, 6.45) is 1.11. The Morgan fingerprint density at radius 3 is 2.25 bits per heavy atom. The Bertz CT molecular complexity index is 1470. The van der Waals surface area contributed by atoms with Crippen LogP contribution >= 0.6 is 11.6 Å². The van der Waals surface area contributed by atoms with E-state index in [1.54, 1.807) is 38.1 Å². The summed E-state index contributed by atoms with van der Waals surface area (Å²) in [7, 11) is -4.06. The molecule has 212 valence electrons. The zero-order chi connectivity index (χ0) is 29.4. The molecule has 3 rings (SSSR count). The van der Waals surface area contributed by atoms with Gasteiger partial charge in [-0.25, -0.2) is 8.42 Å². The van der Waals surface area contributed by atoms with Gasteiger partial charge in [-0.15, -0.1) is 0 Å². The van der Waals surface area contributed by atoms with Gasteiger partial charge in [0.05, 0.1) is 16.9 Å². The molecule has 0 aliphatic heterocycles. The minimum Gasteiger partial charge on any atom is -0.355 e. The standard InChI is InChI=1S/C28H31ClN4O6S/c1-4-30-28(35)26(16-21-8-6-5-7-9-21)31(18-22-11-13-23(29)14-12-22)27(34)19-32(40(3,38)39)25-17-24(33(36)37)15-10-20(25)2/h5-15,17,26H,4,16,18-19H2,1-3H3,(H,30,35)/t26-/m1/s1. The van der Waals surface area contributed by atoms with Gasteiger partial charge in [0.2, 0.25) is 21.8 Å². The SMILES string of the molecule is CCNC(=O)[C@@H](Cc1ccccc1)N(Cc1ccc(Cl)cc1)C(=O)CN(c1cc([N+](=O)[O-])ccc1C)S(C)(=O)=O. The van der Waals surface area contributed by atoms with Crippen molar-refractivity contribution < 1.29 is 22.9 Å². The molecule has 0 saturated carbocycles. The molecule has 1 atom stereocenters. The summed E-state index contributed by atoms with van der Waals surface area (Å²) in [5.74, 6) is -1.05. The second-order valence-electron chi connectivity index (χ2n) is 9.25. The number of carbonyl (C=O) groups is 2. The van der Waals surface area contributed by atoms with Crippen molar-refractivity contribution in [3.63, 3.8) is 0 Å². The predicted molar refractivity (Wildman–Crippen MR) is 155 cm³/mol. The summed E-state index contributed by atoms with van der Waals surface area (Å²) in [4.78, 5) is 39.4. The zero-order valence-corrected chi connectivity index (χ0v) is 24.0. The van der Waals surface area contributed by atoms with Crippen molar-refractivity contribution in [1.29, 1.82) is 0 Å². The maximum absolute atomic E-state index is 14.0. The molecule has 0 heterocycles. The average Bonchev–Trinajstić information content (AvgIpc) is 2.90. The largest absolute Gasteiger partial charge is 0.355 e. The molecule has 0 aliphatic carbocycles. The smallest absolute Gasteiger partial charge is 0.271 e. The lowest BCUT2D eigenvalue weighted by atomic mass is 10.0. The number of halogens is 1. The molecule has 3 aromatic rings. The maximum atomic E-state index is 14.0. The lowest BCUT2D eigenvalue weighted by molar-refractivity contribution is -0.384. The molecule has 40 heavy (non-hydrogen) atoms. The van der Waals surface area contributed by atoms with Gasteiger partial charge >= 0.3 is 0 Å². The first kappa shape index (κ1) is 30.6. The van der Waals surface area contributed by atoms with E-state index >= 15 is 0 Å². The molecule has 12 heteroatoms. The van der Waals surface area contributed by atoms with Crippen molar-refractivity contribution in [2.75, 3.05) is 23.7 Å². The monoisotopic (exact) mass is 586 g/mol. The number of nitrogens with zero attached hydrogens (tertiary/aromatic N) is 3. The van der Waals surface area contributed by atoms with Crippen molar-refractivity contribution in [2.45, 2.75) is 32.9 Å². The lowest BCUT2D eigenvalue weighted by Gasteiger charge is -2.33. The topological polar surface area (TPSA) is 130 Å². The second kappa shape index (κ2) is 13.4. The molecule has 3 aromatic carbocycles. The highest BCUT2D eigenvalue weighted by Gasteiger charge is 2.33. The molecule has 10 nitrogen and oxygen atoms in total. The second-order valence-corrected chi connectivity index (χ2v) is 11.6. The number of nitro benzene ring substituents is 1. The maximum Gasteiger partial charge on any atom is 0.271 e. The van der Waals surface area contributed by atoms with Gasteiger partial charge < -0.3 is 10.2 Å². The summed E-state index contributed by atoms with van der Waals surface area (Å²) in [6.45, 7) is 3.02. The number of rotatable bonds is 12. The van der Waals surface area contributed by atoms with Crippen LogP contribution in [-0.2, 0) is 32.6 Å². The van der Waals surface area contributed by atoms with E-state index in [1.807, 2.05) is 30.3 Å². The highest BCUT2D eigenvalue weighted by molar-refractivity contribution is 7.92. The van der Waals surface area contributed by atoms with Gasteiger partial charge in [-0.3, -0.25) is 24.0 Å². The van der Waals surface area contributed by atoms with Gasteiger partial charge in [-0.1, -0.05) is 60.1 Å². The average molecular weight is 587 g/mol. The number of non-ortho nitro benzene ring substituents is 1. The third-order valence-electron chi connectivity index (χ3n) is 6.24. The third-order valence-corrected chi connectivity index (χ3v) is 7.62. The molecule has 0 aromatic heterocycles. The van der Waals surface area contributed by atoms with Crippen LogP contribution in [0.2, 0.25) is 5.02 Å². The van der Waals surface area contributed by atoms with E-state index < -0.39 is 39.3 Å². The fraction of sp³-hybridized carbons (Fsp3) is 0.286. The van der Waals surface area contributed by atoms with Gasteiger partial charge in [0.1, 0.15) is 12.6 Å². The molecule has 1 N–H and O–H groups in total. The van der Waals surface area contributed by atoms with E-state index in [9.17, 15) is 28.1 Å². The van der Waals surface area contributed by atoms with E-state index in [2.05, 4.69) is 5.32 Å². The minimum atomic E-state index is -4.06. The molecule has 0 saturated heterocycles. The molecular weight excluding hydrogens is 556 g/mol. The van der Waals surface area contributed by atoms with Crippen LogP contribution in [0.3, 0.4) is 0 Å². The summed E-state index contributed by atoms with van der Waals surface area (Å²) in [5, 5.41) is 14.7. The first-order valence-corrected chi connectivity index (χ1v) is 14.7.